The zero-order valence-corrected chi connectivity index (χ0v) is 24.8. The molecule has 1 aliphatic heterocycles. The maximum atomic E-state index is 7.07. The molecule has 0 saturated heterocycles. The predicted molar refractivity (Wildman–Crippen MR) is 163 cm³/mol. The molecule has 1 aliphatic rings. The van der Waals surface area contributed by atoms with Crippen LogP contribution in [-0.4, -0.2) is 9.13 Å². The van der Waals surface area contributed by atoms with E-state index < -0.39 is 0 Å². The van der Waals surface area contributed by atoms with Gasteiger partial charge in [-0.3, -0.25) is 0 Å². The maximum Gasteiger partial charge on any atom is 0.355 e. The van der Waals surface area contributed by atoms with Crippen molar-refractivity contribution in [2.24, 2.45) is 0 Å². The van der Waals surface area contributed by atoms with Crippen molar-refractivity contribution < 1.29 is 9.13 Å². The fourth-order valence-electron chi connectivity index (χ4n) is 6.18. The molecule has 0 amide bonds. The second-order valence-corrected chi connectivity index (χ2v) is 11.9. The van der Waals surface area contributed by atoms with Crippen LogP contribution in [0.15, 0.2) is 72.8 Å². The molecule has 10 bridgehead atoms. The van der Waals surface area contributed by atoms with Gasteiger partial charge in [0.25, 0.3) is 0 Å². The monoisotopic (exact) mass is 566 g/mol. The zero-order chi connectivity index (χ0) is 27.7. The van der Waals surface area contributed by atoms with E-state index in [9.17, 15) is 0 Å². The molecule has 6 aromatic rings. The van der Waals surface area contributed by atoms with Crippen molar-refractivity contribution >= 4 is 44.7 Å². The first-order valence-electron chi connectivity index (χ1n) is 13.8. The standard InChI is InChI=1S/C34H32Cl2N4/c1-21-22(2)38-18-26-6-10-30-12-8-28(16-32(30)14-26)20-40-24(4)23(3)39(34(40)36)19-27-7-11-29-9-5-25(13-31(29)15-27)17-37(21)33(38)35/h5-16H,17-20H2,1-4H3/q+2. The molecular formula is C34H32Cl2N4+2. The van der Waals surface area contributed by atoms with E-state index >= 15 is 0 Å². The lowest BCUT2D eigenvalue weighted by Gasteiger charge is -2.08. The van der Waals surface area contributed by atoms with E-state index in [1.54, 1.807) is 0 Å². The molecule has 0 radical (unpaired) electrons. The van der Waals surface area contributed by atoms with Crippen LogP contribution < -0.4 is 9.13 Å². The molecule has 4 aromatic carbocycles. The van der Waals surface area contributed by atoms with E-state index in [2.05, 4.69) is 119 Å². The Morgan fingerprint density at radius 1 is 0.500 bits per heavy atom. The summed E-state index contributed by atoms with van der Waals surface area (Å²) in [4.78, 5) is 0. The minimum atomic E-state index is 0.724. The lowest BCUT2D eigenvalue weighted by Crippen LogP contribution is -2.37. The fourth-order valence-corrected chi connectivity index (χ4v) is 6.92. The summed E-state index contributed by atoms with van der Waals surface area (Å²) >= 11 is 14.1. The van der Waals surface area contributed by atoms with E-state index in [4.69, 9.17) is 23.2 Å². The van der Waals surface area contributed by atoms with E-state index in [1.165, 1.54) is 66.6 Å². The van der Waals surface area contributed by atoms with Crippen LogP contribution in [0.5, 0.6) is 0 Å². The lowest BCUT2D eigenvalue weighted by molar-refractivity contribution is -0.691. The first kappa shape index (κ1) is 25.4. The van der Waals surface area contributed by atoms with E-state index in [0.717, 1.165) is 36.7 Å². The molecular weight excluding hydrogens is 535 g/mol. The number of hydrogen-bond acceptors (Lipinski definition) is 0. The van der Waals surface area contributed by atoms with Crippen molar-refractivity contribution in [3.05, 3.63) is 128 Å². The van der Waals surface area contributed by atoms with Crippen LogP contribution in [0.25, 0.3) is 21.5 Å². The summed E-state index contributed by atoms with van der Waals surface area (Å²) in [6.45, 7) is 11.5. The summed E-state index contributed by atoms with van der Waals surface area (Å²) in [7, 11) is 0. The maximum absolute atomic E-state index is 7.07. The molecule has 3 heterocycles. The molecule has 6 heteroatoms. The third kappa shape index (κ3) is 4.13. The Morgan fingerprint density at radius 3 is 1.25 bits per heavy atom. The van der Waals surface area contributed by atoms with Crippen LogP contribution in [0.1, 0.15) is 45.0 Å². The lowest BCUT2D eigenvalue weighted by atomic mass is 10.0. The number of benzene rings is 4. The minimum absolute atomic E-state index is 0.724. The van der Waals surface area contributed by atoms with Gasteiger partial charge in [-0.05, 0) is 68.1 Å². The molecule has 4 nitrogen and oxygen atoms in total. The van der Waals surface area contributed by atoms with Crippen molar-refractivity contribution in [3.8, 4) is 0 Å². The third-order valence-corrected chi connectivity index (χ3v) is 9.67. The first-order valence-corrected chi connectivity index (χ1v) is 14.6. The molecule has 2 aromatic heterocycles. The summed E-state index contributed by atoms with van der Waals surface area (Å²) in [6.07, 6.45) is 0. The second-order valence-electron chi connectivity index (χ2n) is 11.3. The van der Waals surface area contributed by atoms with Crippen LogP contribution in [-0.2, 0) is 26.2 Å². The van der Waals surface area contributed by atoms with Crippen LogP contribution in [0.4, 0.5) is 0 Å². The number of fused-ring (bicyclic) bond motifs is 8. The second kappa shape index (κ2) is 9.50. The average molecular weight is 568 g/mol. The van der Waals surface area contributed by atoms with Gasteiger partial charge in [0.15, 0.2) is 0 Å². The Bertz CT molecular complexity index is 1710. The summed E-state index contributed by atoms with van der Waals surface area (Å²) < 4.78 is 8.90. The molecule has 0 atom stereocenters. The highest BCUT2D eigenvalue weighted by Gasteiger charge is 2.26. The molecule has 40 heavy (non-hydrogen) atoms. The summed E-state index contributed by atoms with van der Waals surface area (Å²) in [5.41, 5.74) is 9.67. The Balaban J connectivity index is 1.43. The van der Waals surface area contributed by atoms with Crippen LogP contribution in [0.3, 0.4) is 0 Å². The quantitative estimate of drug-likeness (QED) is 0.172. The fraction of sp³-hybridized carbons (Fsp3) is 0.235. The van der Waals surface area contributed by atoms with Gasteiger partial charge in [0.2, 0.25) is 0 Å². The van der Waals surface area contributed by atoms with Gasteiger partial charge in [0, 0.05) is 50.9 Å². The van der Waals surface area contributed by atoms with E-state index in [0.29, 0.717) is 0 Å². The molecule has 0 saturated carbocycles. The van der Waals surface area contributed by atoms with Gasteiger partial charge < -0.3 is 0 Å². The predicted octanol–water partition coefficient (Wildman–Crippen LogP) is 7.22. The average Bonchev–Trinajstić information content (AvgIpc) is 3.27. The van der Waals surface area contributed by atoms with Gasteiger partial charge in [-0.25, -0.2) is 18.3 Å². The van der Waals surface area contributed by atoms with E-state index in [-0.39, 0.29) is 0 Å². The van der Waals surface area contributed by atoms with Gasteiger partial charge in [-0.2, -0.15) is 0 Å². The van der Waals surface area contributed by atoms with Crippen LogP contribution in [0.2, 0.25) is 10.6 Å². The molecule has 0 fully saturated rings. The number of hydrogen-bond donors (Lipinski definition) is 0. The van der Waals surface area contributed by atoms with Crippen molar-refractivity contribution in [3.63, 3.8) is 0 Å². The Hall–Kier alpha value is -3.60. The highest BCUT2D eigenvalue weighted by Crippen LogP contribution is 2.25. The number of rotatable bonds is 0. The van der Waals surface area contributed by atoms with Crippen molar-refractivity contribution in [1.82, 2.24) is 9.13 Å². The van der Waals surface area contributed by atoms with Gasteiger partial charge in [0.05, 0.1) is 0 Å². The zero-order valence-electron chi connectivity index (χ0n) is 23.3. The van der Waals surface area contributed by atoms with Crippen molar-refractivity contribution in [2.45, 2.75) is 53.9 Å². The largest absolute Gasteiger partial charge is 0.355 e. The Labute approximate surface area is 244 Å². The van der Waals surface area contributed by atoms with Crippen molar-refractivity contribution in [2.75, 3.05) is 0 Å². The highest BCUT2D eigenvalue weighted by atomic mass is 35.5. The number of imidazole rings is 2. The Morgan fingerprint density at radius 2 is 0.850 bits per heavy atom. The summed E-state index contributed by atoms with van der Waals surface area (Å²) in [5, 5.41) is 6.43. The Kier molecular flexibility index (Phi) is 6.03. The van der Waals surface area contributed by atoms with Gasteiger partial charge in [0.1, 0.15) is 49.0 Å². The topological polar surface area (TPSA) is 17.6 Å². The summed E-state index contributed by atoms with van der Waals surface area (Å²) in [6, 6.07) is 26.9. The SMILES string of the molecule is Cc1c(C)[n+]2c(Cl)n1Cc1ccc3ccc(cc3c1)Cn1c(C)c(C)[n+](c1Cl)Cc1ccc3ccc(cc3c1)C2. The van der Waals surface area contributed by atoms with E-state index in [1.807, 2.05) is 0 Å². The summed E-state index contributed by atoms with van der Waals surface area (Å²) in [5.74, 6) is 0. The number of aromatic nitrogens is 4. The third-order valence-electron chi connectivity index (χ3n) is 8.86. The normalized spacial score (nSPS) is 13.3. The molecule has 0 N–H and O–H groups in total. The highest BCUT2D eigenvalue weighted by molar-refractivity contribution is 6.28. The van der Waals surface area contributed by atoms with Gasteiger partial charge >= 0.3 is 10.6 Å². The smallest absolute Gasteiger partial charge is 0.213 e. The van der Waals surface area contributed by atoms with Gasteiger partial charge in [-0.15, -0.1) is 0 Å². The molecule has 0 aliphatic carbocycles. The van der Waals surface area contributed by atoms with Crippen molar-refractivity contribution in [1.29, 1.82) is 0 Å². The number of nitrogens with zero attached hydrogens (tertiary/aromatic N) is 4. The number of halogens is 2. The molecule has 200 valence electrons. The molecule has 0 unspecified atom stereocenters. The van der Waals surface area contributed by atoms with Crippen LogP contribution >= 0.6 is 23.2 Å². The molecule has 0 spiro atoms. The first-order chi connectivity index (χ1) is 19.3. The van der Waals surface area contributed by atoms with Crippen LogP contribution in [0, 0.1) is 27.7 Å². The molecule has 7 rings (SSSR count). The van der Waals surface area contributed by atoms with Gasteiger partial charge in [-0.1, -0.05) is 48.5 Å². The minimum Gasteiger partial charge on any atom is -0.213 e.